The third-order valence-electron chi connectivity index (χ3n) is 2.12. The molecule has 0 bridgehead atoms. The van der Waals surface area contributed by atoms with E-state index in [1.165, 1.54) is 11.1 Å². The Morgan fingerprint density at radius 3 is 1.40 bits per heavy atom. The summed E-state index contributed by atoms with van der Waals surface area (Å²) in [4.78, 5) is 0. The van der Waals surface area contributed by atoms with E-state index in [0.29, 0.717) is 0 Å². The third kappa shape index (κ3) is 3.08. The van der Waals surface area contributed by atoms with E-state index in [1.54, 1.807) is 0 Å². The van der Waals surface area contributed by atoms with Crippen LogP contribution in [-0.2, 0) is 0 Å². The van der Waals surface area contributed by atoms with E-state index in [4.69, 9.17) is 0 Å². The molecule has 0 aliphatic carbocycles. The van der Waals surface area contributed by atoms with Crippen LogP contribution in [0.15, 0.2) is 60.7 Å². The van der Waals surface area contributed by atoms with Gasteiger partial charge in [0.05, 0.1) is 0 Å². The van der Waals surface area contributed by atoms with Crippen molar-refractivity contribution in [3.05, 3.63) is 71.8 Å². The minimum Gasteiger partial charge on any atom is -1.00 e. The Balaban J connectivity index is 0.00000112. The van der Waals surface area contributed by atoms with Crippen molar-refractivity contribution >= 4 is 14.2 Å². The van der Waals surface area contributed by atoms with Crippen LogP contribution in [-0.4, -0.2) is 5.29 Å². The average Bonchev–Trinajstić information content (AvgIpc) is 2.30. The second-order valence-corrected chi connectivity index (χ2v) is 3.61. The minimum atomic E-state index is 0. The summed E-state index contributed by atoms with van der Waals surface area (Å²) in [7, 11) is 3.66. The first-order valence-electron chi connectivity index (χ1n) is 4.57. The Hall–Kier alpha value is -0.793. The molecule has 0 aromatic heterocycles. The molecule has 0 saturated heterocycles. The van der Waals surface area contributed by atoms with Crippen LogP contribution in [0.4, 0.5) is 0 Å². The summed E-state index contributed by atoms with van der Waals surface area (Å²) >= 11 is 0. The first kappa shape index (κ1) is 12.3. The summed E-state index contributed by atoms with van der Waals surface area (Å²) in [5.74, 6) is 0. The Morgan fingerprint density at radius 1 is 0.733 bits per heavy atom. The average molecular weight is 206 g/mol. The van der Waals surface area contributed by atoms with Crippen LogP contribution in [0, 0.1) is 0 Å². The van der Waals surface area contributed by atoms with Crippen molar-refractivity contribution in [2.24, 2.45) is 0 Å². The van der Waals surface area contributed by atoms with Gasteiger partial charge in [0, 0.05) is 5.29 Å². The molecule has 0 radical (unpaired) electrons. The second-order valence-electron chi connectivity index (χ2n) is 3.11. The topological polar surface area (TPSA) is 0 Å². The maximum Gasteiger partial charge on any atom is 1.00 e. The molecule has 0 saturated carbocycles. The zero-order valence-electron chi connectivity index (χ0n) is 9.77. The van der Waals surface area contributed by atoms with Gasteiger partial charge in [-0.15, -0.1) is 8.86 Å². The molecule has 0 heterocycles. The molecule has 0 amide bonds. The monoisotopic (exact) mass is 206 g/mol. The molecule has 2 heteroatoms. The van der Waals surface area contributed by atoms with E-state index in [1.807, 2.05) is 36.4 Å². The fraction of sp³-hybridized carbons (Fsp3) is 0. The van der Waals surface area contributed by atoms with Crippen LogP contribution in [0.3, 0.4) is 0 Å². The summed E-state index contributed by atoms with van der Waals surface area (Å²) in [5.41, 5.74) is 2.41. The summed E-state index contributed by atoms with van der Waals surface area (Å²) < 4.78 is 0. The normalized spacial score (nSPS) is 9.07. The quantitative estimate of drug-likeness (QED) is 0.496. The van der Waals surface area contributed by atoms with Crippen molar-refractivity contribution in [1.29, 1.82) is 0 Å². The molecular formula is C13H12LiP. The van der Waals surface area contributed by atoms with Crippen molar-refractivity contribution in [2.45, 2.75) is 0 Å². The van der Waals surface area contributed by atoms with E-state index in [9.17, 15) is 0 Å². The molecule has 0 aliphatic heterocycles. The Labute approximate surface area is 106 Å². The van der Waals surface area contributed by atoms with E-state index in [0.717, 1.165) is 5.29 Å². The van der Waals surface area contributed by atoms with E-state index < -0.39 is 0 Å². The largest absolute Gasteiger partial charge is 1.00 e. The number of benzene rings is 2. The maximum atomic E-state index is 3.66. The third-order valence-corrected chi connectivity index (χ3v) is 2.70. The predicted molar refractivity (Wildman–Crippen MR) is 65.5 cm³/mol. The molecule has 2 aromatic rings. The van der Waals surface area contributed by atoms with Crippen LogP contribution in [0.25, 0.3) is 0 Å². The molecule has 0 nitrogen and oxygen atoms in total. The molecule has 0 atom stereocenters. The Bertz CT molecular complexity index is 387. The van der Waals surface area contributed by atoms with E-state index in [2.05, 4.69) is 33.1 Å². The van der Waals surface area contributed by atoms with Gasteiger partial charge in [-0.3, -0.25) is 0 Å². The molecule has 0 N–H and O–H groups in total. The SMILES string of the molecule is P=C(c1ccccc1)c1ccccc1.[H-].[Li+]. The van der Waals surface area contributed by atoms with Crippen molar-refractivity contribution in [1.82, 2.24) is 0 Å². The Kier molecular flexibility index (Phi) is 4.86. The molecule has 70 valence electrons. The molecule has 0 unspecified atom stereocenters. The number of hydrogen-bond donors (Lipinski definition) is 0. The number of rotatable bonds is 2. The van der Waals surface area contributed by atoms with E-state index in [-0.39, 0.29) is 20.3 Å². The molecule has 0 fully saturated rings. The second kappa shape index (κ2) is 5.94. The van der Waals surface area contributed by atoms with Crippen molar-refractivity contribution in [2.75, 3.05) is 0 Å². The maximum absolute atomic E-state index is 3.66. The van der Waals surface area contributed by atoms with Gasteiger partial charge in [0.25, 0.3) is 0 Å². The van der Waals surface area contributed by atoms with Gasteiger partial charge in [-0.25, -0.2) is 0 Å². The van der Waals surface area contributed by atoms with E-state index >= 15 is 0 Å². The van der Waals surface area contributed by atoms with Crippen molar-refractivity contribution in [3.63, 3.8) is 0 Å². The predicted octanol–water partition coefficient (Wildman–Crippen LogP) is 0.515. The standard InChI is InChI=1S/C13H11P.Li.H/c14-13(11-7-3-1-4-8-11)12-9-5-2-6-10-12;;/h1-10,14H;;/q;+1;-1. The van der Waals surface area contributed by atoms with Crippen molar-refractivity contribution < 1.29 is 20.3 Å². The summed E-state index contributed by atoms with van der Waals surface area (Å²) in [6, 6.07) is 20.6. The minimum absolute atomic E-state index is 0. The van der Waals surface area contributed by atoms with Crippen LogP contribution >= 0.6 is 8.86 Å². The molecule has 15 heavy (non-hydrogen) atoms. The smallest absolute Gasteiger partial charge is 1.00 e. The summed E-state index contributed by atoms with van der Waals surface area (Å²) in [6.45, 7) is 0. The first-order chi connectivity index (χ1) is 6.88. The Morgan fingerprint density at radius 2 is 1.07 bits per heavy atom. The number of hydrogen-bond acceptors (Lipinski definition) is 0. The van der Waals surface area contributed by atoms with Gasteiger partial charge in [-0.1, -0.05) is 60.7 Å². The fourth-order valence-corrected chi connectivity index (χ4v) is 1.71. The molecule has 2 aromatic carbocycles. The van der Waals surface area contributed by atoms with Crippen LogP contribution in [0.1, 0.15) is 12.6 Å². The summed E-state index contributed by atoms with van der Waals surface area (Å²) in [6.07, 6.45) is 0. The van der Waals surface area contributed by atoms with Crippen LogP contribution < -0.4 is 18.9 Å². The molecule has 0 aliphatic rings. The van der Waals surface area contributed by atoms with Gasteiger partial charge >= 0.3 is 18.9 Å². The van der Waals surface area contributed by atoms with Gasteiger partial charge in [0.1, 0.15) is 0 Å². The zero-order valence-corrected chi connectivity index (χ0v) is 9.77. The first-order valence-corrected chi connectivity index (χ1v) is 5.07. The molecular weight excluding hydrogens is 194 g/mol. The zero-order chi connectivity index (χ0) is 9.80. The fourth-order valence-electron chi connectivity index (χ4n) is 1.38. The molecule has 0 spiro atoms. The van der Waals surface area contributed by atoms with Gasteiger partial charge in [0.2, 0.25) is 0 Å². The van der Waals surface area contributed by atoms with Gasteiger partial charge < -0.3 is 1.43 Å². The van der Waals surface area contributed by atoms with Gasteiger partial charge in [0.15, 0.2) is 0 Å². The summed E-state index contributed by atoms with van der Waals surface area (Å²) in [5, 5.41) is 1.13. The van der Waals surface area contributed by atoms with Crippen LogP contribution in [0.2, 0.25) is 0 Å². The van der Waals surface area contributed by atoms with Gasteiger partial charge in [-0.2, -0.15) is 0 Å². The van der Waals surface area contributed by atoms with Crippen molar-refractivity contribution in [3.8, 4) is 0 Å². The van der Waals surface area contributed by atoms with Gasteiger partial charge in [-0.05, 0) is 11.1 Å². The van der Waals surface area contributed by atoms with Crippen LogP contribution in [0.5, 0.6) is 0 Å². The molecule has 2 rings (SSSR count).